The van der Waals surface area contributed by atoms with Crippen LogP contribution in [0.15, 0.2) is 0 Å². The van der Waals surface area contributed by atoms with Gasteiger partial charge in [0.25, 0.3) is 0 Å². The van der Waals surface area contributed by atoms with Gasteiger partial charge in [-0.1, -0.05) is 13.8 Å². The Balaban J connectivity index is 3.90. The quantitative estimate of drug-likeness (QED) is 0.596. The van der Waals surface area contributed by atoms with Gasteiger partial charge in [-0.25, -0.2) is 0 Å². The molecule has 0 aromatic carbocycles. The molecule has 0 aromatic heterocycles. The summed E-state index contributed by atoms with van der Waals surface area (Å²) in [6, 6.07) is 0. The van der Waals surface area contributed by atoms with Crippen molar-refractivity contribution in [2.24, 2.45) is 0 Å². The molecular weight excluding hydrogens is 206 g/mol. The molecule has 0 radical (unpaired) electrons. The van der Waals surface area contributed by atoms with E-state index in [-0.39, 0.29) is 6.10 Å². The van der Waals surface area contributed by atoms with E-state index in [2.05, 4.69) is 12.2 Å². The van der Waals surface area contributed by atoms with Gasteiger partial charge in [0.05, 0.1) is 6.10 Å². The van der Waals surface area contributed by atoms with Gasteiger partial charge in [-0.15, -0.1) is 0 Å². The fraction of sp³-hybridized carbons (Fsp3) is 0.917. The van der Waals surface area contributed by atoms with Gasteiger partial charge in [-0.3, -0.25) is 4.79 Å². The lowest BCUT2D eigenvalue weighted by Crippen LogP contribution is -2.49. The summed E-state index contributed by atoms with van der Waals surface area (Å²) in [7, 11) is 0. The predicted molar refractivity (Wildman–Crippen MR) is 64.7 cm³/mol. The standard InChI is InChI=1S/C12H25NO3/c1-5-10(3)16-9-7-8-12(4,11(14)15)13-6-2/h10,13H,5-9H2,1-4H3,(H,14,15). The lowest BCUT2D eigenvalue weighted by Gasteiger charge is -2.25. The molecule has 0 saturated carbocycles. The van der Waals surface area contributed by atoms with E-state index in [1.54, 1.807) is 6.92 Å². The summed E-state index contributed by atoms with van der Waals surface area (Å²) in [4.78, 5) is 11.1. The van der Waals surface area contributed by atoms with E-state index in [1.807, 2.05) is 13.8 Å². The van der Waals surface area contributed by atoms with E-state index in [0.29, 0.717) is 19.6 Å². The Morgan fingerprint density at radius 1 is 1.50 bits per heavy atom. The SMILES string of the molecule is CCNC(C)(CCCOC(C)CC)C(=O)O. The van der Waals surface area contributed by atoms with E-state index in [0.717, 1.165) is 12.8 Å². The molecule has 2 atom stereocenters. The number of hydrogen-bond acceptors (Lipinski definition) is 3. The van der Waals surface area contributed by atoms with Crippen LogP contribution >= 0.6 is 0 Å². The summed E-state index contributed by atoms with van der Waals surface area (Å²) in [5.41, 5.74) is -0.826. The van der Waals surface area contributed by atoms with Crippen molar-refractivity contribution in [2.75, 3.05) is 13.2 Å². The summed E-state index contributed by atoms with van der Waals surface area (Å²) < 4.78 is 5.52. The molecule has 0 spiro atoms. The Labute approximate surface area is 98.4 Å². The minimum Gasteiger partial charge on any atom is -0.480 e. The van der Waals surface area contributed by atoms with Crippen LogP contribution in [0.1, 0.15) is 47.0 Å². The summed E-state index contributed by atoms with van der Waals surface area (Å²) in [5.74, 6) is -0.794. The third kappa shape index (κ3) is 5.47. The van der Waals surface area contributed by atoms with Crippen LogP contribution in [-0.4, -0.2) is 35.9 Å². The summed E-state index contributed by atoms with van der Waals surface area (Å²) in [6.07, 6.45) is 2.60. The number of carbonyl (C=O) groups is 1. The topological polar surface area (TPSA) is 58.6 Å². The largest absolute Gasteiger partial charge is 0.480 e. The number of ether oxygens (including phenoxy) is 1. The second kappa shape index (κ2) is 7.63. The van der Waals surface area contributed by atoms with Crippen LogP contribution in [0.5, 0.6) is 0 Å². The van der Waals surface area contributed by atoms with Crippen molar-refractivity contribution in [1.29, 1.82) is 0 Å². The van der Waals surface area contributed by atoms with Crippen LogP contribution in [0.25, 0.3) is 0 Å². The molecular formula is C12H25NO3. The van der Waals surface area contributed by atoms with Crippen LogP contribution in [0.4, 0.5) is 0 Å². The average molecular weight is 231 g/mol. The van der Waals surface area contributed by atoms with Crippen molar-refractivity contribution in [3.8, 4) is 0 Å². The highest BCUT2D eigenvalue weighted by atomic mass is 16.5. The first-order chi connectivity index (χ1) is 7.46. The zero-order valence-electron chi connectivity index (χ0n) is 10.9. The molecule has 0 heterocycles. The number of hydrogen-bond donors (Lipinski definition) is 2. The molecule has 0 fully saturated rings. The highest BCUT2D eigenvalue weighted by Gasteiger charge is 2.31. The minimum absolute atomic E-state index is 0.259. The Morgan fingerprint density at radius 3 is 2.56 bits per heavy atom. The average Bonchev–Trinajstić information content (AvgIpc) is 2.24. The van der Waals surface area contributed by atoms with Crippen LogP contribution in [0.2, 0.25) is 0 Å². The molecule has 0 amide bonds. The van der Waals surface area contributed by atoms with Gasteiger partial charge in [0.1, 0.15) is 5.54 Å². The maximum atomic E-state index is 11.1. The van der Waals surface area contributed by atoms with Crippen molar-refractivity contribution < 1.29 is 14.6 Å². The molecule has 16 heavy (non-hydrogen) atoms. The van der Waals surface area contributed by atoms with Crippen molar-refractivity contribution >= 4 is 5.97 Å². The smallest absolute Gasteiger partial charge is 0.323 e. The maximum absolute atomic E-state index is 11.1. The van der Waals surface area contributed by atoms with E-state index in [1.165, 1.54) is 0 Å². The van der Waals surface area contributed by atoms with Gasteiger partial charge >= 0.3 is 5.97 Å². The van der Waals surface area contributed by atoms with Gasteiger partial charge in [0.15, 0.2) is 0 Å². The van der Waals surface area contributed by atoms with Crippen LogP contribution < -0.4 is 5.32 Å². The molecule has 4 nitrogen and oxygen atoms in total. The first kappa shape index (κ1) is 15.4. The molecule has 96 valence electrons. The zero-order chi connectivity index (χ0) is 12.6. The number of rotatable bonds is 9. The lowest BCUT2D eigenvalue weighted by atomic mass is 9.96. The fourth-order valence-electron chi connectivity index (χ4n) is 1.49. The monoisotopic (exact) mass is 231 g/mol. The molecule has 0 aliphatic carbocycles. The third-order valence-electron chi connectivity index (χ3n) is 2.84. The predicted octanol–water partition coefficient (Wildman–Crippen LogP) is 2.03. The summed E-state index contributed by atoms with van der Waals surface area (Å²) >= 11 is 0. The first-order valence-electron chi connectivity index (χ1n) is 6.06. The van der Waals surface area contributed by atoms with Gasteiger partial charge in [0, 0.05) is 6.61 Å². The second-order valence-electron chi connectivity index (χ2n) is 4.36. The van der Waals surface area contributed by atoms with Gasteiger partial charge < -0.3 is 15.2 Å². The van der Waals surface area contributed by atoms with E-state index in [9.17, 15) is 4.79 Å². The van der Waals surface area contributed by atoms with Crippen LogP contribution in [0.3, 0.4) is 0 Å². The van der Waals surface area contributed by atoms with Crippen molar-refractivity contribution in [1.82, 2.24) is 5.32 Å². The summed E-state index contributed by atoms with van der Waals surface area (Å²) in [6.45, 7) is 9.03. The Bertz CT molecular complexity index is 208. The van der Waals surface area contributed by atoms with E-state index >= 15 is 0 Å². The molecule has 2 unspecified atom stereocenters. The molecule has 0 aliphatic heterocycles. The Morgan fingerprint density at radius 2 is 2.12 bits per heavy atom. The third-order valence-corrected chi connectivity index (χ3v) is 2.84. The maximum Gasteiger partial charge on any atom is 0.323 e. The van der Waals surface area contributed by atoms with Crippen LogP contribution in [-0.2, 0) is 9.53 Å². The normalized spacial score (nSPS) is 16.8. The first-order valence-corrected chi connectivity index (χ1v) is 6.06. The molecule has 4 heteroatoms. The Kier molecular flexibility index (Phi) is 7.34. The molecule has 0 saturated heterocycles. The molecule has 0 rings (SSSR count). The number of carboxylic acid groups (broad SMARTS) is 1. The molecule has 0 aliphatic rings. The Hall–Kier alpha value is -0.610. The van der Waals surface area contributed by atoms with Gasteiger partial charge in [-0.2, -0.15) is 0 Å². The van der Waals surface area contributed by atoms with Gasteiger partial charge in [0.2, 0.25) is 0 Å². The highest BCUT2D eigenvalue weighted by Crippen LogP contribution is 2.13. The summed E-state index contributed by atoms with van der Waals surface area (Å²) in [5, 5.41) is 12.1. The van der Waals surface area contributed by atoms with Crippen molar-refractivity contribution in [3.05, 3.63) is 0 Å². The van der Waals surface area contributed by atoms with Crippen molar-refractivity contribution in [3.63, 3.8) is 0 Å². The zero-order valence-corrected chi connectivity index (χ0v) is 10.9. The number of likely N-dealkylation sites (N-methyl/N-ethyl adjacent to an activating group) is 1. The molecule has 0 aromatic rings. The van der Waals surface area contributed by atoms with E-state index in [4.69, 9.17) is 9.84 Å². The lowest BCUT2D eigenvalue weighted by molar-refractivity contribution is -0.144. The fourth-order valence-corrected chi connectivity index (χ4v) is 1.49. The van der Waals surface area contributed by atoms with Crippen LogP contribution in [0, 0.1) is 0 Å². The second-order valence-corrected chi connectivity index (χ2v) is 4.36. The van der Waals surface area contributed by atoms with Crippen molar-refractivity contribution in [2.45, 2.75) is 58.6 Å². The molecule has 0 bridgehead atoms. The number of aliphatic carboxylic acids is 1. The van der Waals surface area contributed by atoms with Gasteiger partial charge in [-0.05, 0) is 39.7 Å². The highest BCUT2D eigenvalue weighted by molar-refractivity contribution is 5.78. The number of carboxylic acids is 1. The van der Waals surface area contributed by atoms with E-state index < -0.39 is 11.5 Å². The molecule has 2 N–H and O–H groups in total. The number of nitrogens with one attached hydrogen (secondary N) is 1. The minimum atomic E-state index is -0.826.